The normalized spacial score (nSPS) is 13.6. The summed E-state index contributed by atoms with van der Waals surface area (Å²) in [6.45, 7) is 5.40. The molecule has 0 aliphatic heterocycles. The zero-order chi connectivity index (χ0) is 13.1. The van der Waals surface area contributed by atoms with Crippen molar-refractivity contribution in [3.8, 4) is 6.07 Å². The SMILES string of the molecule is CC(C)(C)[S@@](=O)N=Cc1cc(F)cc(C#N)c1. The molecule has 1 atom stereocenters. The molecule has 0 unspecified atom stereocenters. The van der Waals surface area contributed by atoms with Crippen molar-refractivity contribution in [1.29, 1.82) is 5.26 Å². The minimum atomic E-state index is -1.39. The van der Waals surface area contributed by atoms with Crippen molar-refractivity contribution < 1.29 is 8.60 Å². The molecule has 90 valence electrons. The van der Waals surface area contributed by atoms with Crippen LogP contribution in [-0.4, -0.2) is 15.2 Å². The fourth-order valence-corrected chi connectivity index (χ4v) is 1.55. The Morgan fingerprint density at radius 1 is 1.41 bits per heavy atom. The molecule has 3 nitrogen and oxygen atoms in total. The largest absolute Gasteiger partial charge is 0.234 e. The lowest BCUT2D eigenvalue weighted by atomic mass is 10.1. The first-order valence-corrected chi connectivity index (χ1v) is 6.10. The Labute approximate surface area is 103 Å². The standard InChI is InChI=1S/C12H13FN2OS/c1-12(2,3)17(16)15-8-10-4-9(7-14)5-11(13)6-10/h4-6,8H,1-3H3/t17-/m1/s1. The average molecular weight is 252 g/mol. The zero-order valence-electron chi connectivity index (χ0n) is 9.90. The zero-order valence-corrected chi connectivity index (χ0v) is 10.7. The molecule has 17 heavy (non-hydrogen) atoms. The van der Waals surface area contributed by atoms with Crippen molar-refractivity contribution in [3.63, 3.8) is 0 Å². The minimum absolute atomic E-state index is 0.216. The second kappa shape index (κ2) is 5.19. The molecule has 1 aromatic carbocycles. The van der Waals surface area contributed by atoms with E-state index in [9.17, 15) is 8.60 Å². The Morgan fingerprint density at radius 2 is 2.06 bits per heavy atom. The van der Waals surface area contributed by atoms with E-state index in [1.807, 2.05) is 6.07 Å². The van der Waals surface area contributed by atoms with Crippen LogP contribution in [0, 0.1) is 17.1 Å². The van der Waals surface area contributed by atoms with E-state index in [1.54, 1.807) is 20.8 Å². The van der Waals surface area contributed by atoms with Gasteiger partial charge in [0, 0.05) is 6.21 Å². The van der Waals surface area contributed by atoms with Gasteiger partial charge < -0.3 is 0 Å². The van der Waals surface area contributed by atoms with Crippen LogP contribution in [0.2, 0.25) is 0 Å². The van der Waals surface area contributed by atoms with Gasteiger partial charge in [-0.2, -0.15) is 9.66 Å². The Balaban J connectivity index is 2.97. The molecule has 0 saturated carbocycles. The van der Waals surface area contributed by atoms with Gasteiger partial charge in [-0.05, 0) is 44.5 Å². The maximum atomic E-state index is 13.1. The lowest BCUT2D eigenvalue weighted by Gasteiger charge is -2.12. The van der Waals surface area contributed by atoms with Crippen LogP contribution < -0.4 is 0 Å². The second-order valence-electron chi connectivity index (χ2n) is 4.48. The van der Waals surface area contributed by atoms with Crippen LogP contribution in [0.1, 0.15) is 31.9 Å². The van der Waals surface area contributed by atoms with Gasteiger partial charge >= 0.3 is 0 Å². The molecule has 0 bridgehead atoms. The molecule has 0 aromatic heterocycles. The van der Waals surface area contributed by atoms with E-state index in [2.05, 4.69) is 4.40 Å². The van der Waals surface area contributed by atoms with Crippen LogP contribution in [0.25, 0.3) is 0 Å². The molecular weight excluding hydrogens is 239 g/mol. The highest BCUT2D eigenvalue weighted by atomic mass is 32.2. The monoisotopic (exact) mass is 252 g/mol. The van der Waals surface area contributed by atoms with Gasteiger partial charge in [-0.25, -0.2) is 8.60 Å². The Bertz CT molecular complexity index is 512. The summed E-state index contributed by atoms with van der Waals surface area (Å²) in [6, 6.07) is 5.72. The number of nitriles is 1. The summed E-state index contributed by atoms with van der Waals surface area (Å²) >= 11 is 0. The van der Waals surface area contributed by atoms with Gasteiger partial charge in [0.15, 0.2) is 0 Å². The molecule has 0 aliphatic rings. The lowest BCUT2D eigenvalue weighted by molar-refractivity contribution is 0.627. The van der Waals surface area contributed by atoms with Crippen molar-refractivity contribution in [2.24, 2.45) is 4.40 Å². The third-order valence-corrected chi connectivity index (χ3v) is 3.22. The highest BCUT2D eigenvalue weighted by molar-refractivity contribution is 7.85. The van der Waals surface area contributed by atoms with E-state index >= 15 is 0 Å². The lowest BCUT2D eigenvalue weighted by Crippen LogP contribution is -2.19. The van der Waals surface area contributed by atoms with E-state index in [-0.39, 0.29) is 5.56 Å². The van der Waals surface area contributed by atoms with E-state index in [4.69, 9.17) is 5.26 Å². The first-order chi connectivity index (χ1) is 7.82. The molecule has 5 heteroatoms. The van der Waals surface area contributed by atoms with Gasteiger partial charge in [-0.1, -0.05) is 0 Å². The van der Waals surface area contributed by atoms with Crippen LogP contribution in [0.4, 0.5) is 4.39 Å². The summed E-state index contributed by atoms with van der Waals surface area (Å²) in [5.74, 6) is -0.507. The summed E-state index contributed by atoms with van der Waals surface area (Å²) < 4.78 is 28.1. The maximum absolute atomic E-state index is 13.1. The molecule has 0 heterocycles. The summed E-state index contributed by atoms with van der Waals surface area (Å²) in [5.41, 5.74) is 0.646. The summed E-state index contributed by atoms with van der Waals surface area (Å²) in [5, 5.41) is 8.67. The van der Waals surface area contributed by atoms with E-state index < -0.39 is 21.5 Å². The third kappa shape index (κ3) is 4.08. The molecule has 1 aromatic rings. The van der Waals surface area contributed by atoms with Crippen molar-refractivity contribution in [1.82, 2.24) is 0 Å². The topological polar surface area (TPSA) is 53.2 Å². The van der Waals surface area contributed by atoms with Gasteiger partial charge in [-0.15, -0.1) is 0 Å². The Hall–Kier alpha value is -1.54. The summed E-state index contributed by atoms with van der Waals surface area (Å²) in [4.78, 5) is 0. The molecular formula is C12H13FN2OS. The average Bonchev–Trinajstić information content (AvgIpc) is 2.23. The Morgan fingerprint density at radius 3 is 2.59 bits per heavy atom. The van der Waals surface area contributed by atoms with Crippen LogP contribution >= 0.6 is 0 Å². The number of hydrogen-bond acceptors (Lipinski definition) is 2. The third-order valence-electron chi connectivity index (χ3n) is 1.87. The number of hydrogen-bond donors (Lipinski definition) is 0. The fourth-order valence-electron chi connectivity index (χ4n) is 1.02. The molecule has 0 spiro atoms. The molecule has 0 N–H and O–H groups in total. The van der Waals surface area contributed by atoms with Crippen LogP contribution in [0.5, 0.6) is 0 Å². The van der Waals surface area contributed by atoms with Gasteiger partial charge in [-0.3, -0.25) is 0 Å². The highest BCUT2D eigenvalue weighted by Crippen LogP contribution is 2.13. The van der Waals surface area contributed by atoms with E-state index in [1.165, 1.54) is 18.3 Å². The maximum Gasteiger partial charge on any atom is 0.144 e. The summed E-state index contributed by atoms with van der Waals surface area (Å²) in [6.07, 6.45) is 1.32. The predicted molar refractivity (Wildman–Crippen MR) is 66.6 cm³/mol. The highest BCUT2D eigenvalue weighted by Gasteiger charge is 2.18. The number of benzene rings is 1. The number of halogens is 1. The molecule has 0 radical (unpaired) electrons. The second-order valence-corrected chi connectivity index (χ2v) is 6.41. The van der Waals surface area contributed by atoms with Gasteiger partial charge in [0.05, 0.1) is 16.4 Å². The summed E-state index contributed by atoms with van der Waals surface area (Å²) in [7, 11) is -1.39. The number of nitrogens with zero attached hydrogens (tertiary/aromatic N) is 2. The van der Waals surface area contributed by atoms with Crippen LogP contribution in [-0.2, 0) is 11.0 Å². The van der Waals surface area contributed by atoms with Crippen LogP contribution in [0.3, 0.4) is 0 Å². The van der Waals surface area contributed by atoms with Crippen molar-refractivity contribution in [2.45, 2.75) is 25.5 Å². The molecule has 1 rings (SSSR count). The van der Waals surface area contributed by atoms with Gasteiger partial charge in [0.2, 0.25) is 0 Å². The van der Waals surface area contributed by atoms with Crippen LogP contribution in [0.15, 0.2) is 22.6 Å². The first kappa shape index (κ1) is 13.5. The van der Waals surface area contributed by atoms with Gasteiger partial charge in [0.1, 0.15) is 16.8 Å². The minimum Gasteiger partial charge on any atom is -0.234 e. The van der Waals surface area contributed by atoms with E-state index in [0.717, 1.165) is 6.07 Å². The van der Waals surface area contributed by atoms with Crippen molar-refractivity contribution in [2.75, 3.05) is 0 Å². The predicted octanol–water partition coefficient (Wildman–Crippen LogP) is 2.58. The smallest absolute Gasteiger partial charge is 0.144 e. The molecule has 0 saturated heterocycles. The first-order valence-electron chi connectivity index (χ1n) is 4.99. The number of rotatable bonds is 2. The van der Waals surface area contributed by atoms with Crippen molar-refractivity contribution >= 4 is 17.2 Å². The van der Waals surface area contributed by atoms with Crippen molar-refractivity contribution in [3.05, 3.63) is 35.1 Å². The molecule has 0 amide bonds. The molecule has 0 aliphatic carbocycles. The van der Waals surface area contributed by atoms with E-state index in [0.29, 0.717) is 5.56 Å². The Kier molecular flexibility index (Phi) is 4.13. The molecule has 0 fully saturated rings. The van der Waals surface area contributed by atoms with Gasteiger partial charge in [0.25, 0.3) is 0 Å². The fraction of sp³-hybridized carbons (Fsp3) is 0.333. The quantitative estimate of drug-likeness (QED) is 0.760.